The predicted molar refractivity (Wildman–Crippen MR) is 203 cm³/mol. The Kier molecular flexibility index (Phi) is 12.6. The molecule has 2 N–H and O–H groups in total. The number of likely N-dealkylation sites (N-methyl/N-ethyl adjacent to an activating group) is 1. The van der Waals surface area contributed by atoms with Crippen molar-refractivity contribution in [3.63, 3.8) is 0 Å². The van der Waals surface area contributed by atoms with E-state index < -0.39 is 29.7 Å². The number of rotatable bonds is 13. The molecule has 1 heterocycles. The number of para-hydroxylation sites is 1. The third kappa shape index (κ3) is 9.54. The van der Waals surface area contributed by atoms with Crippen molar-refractivity contribution in [1.29, 1.82) is 0 Å². The van der Waals surface area contributed by atoms with E-state index in [4.69, 9.17) is 32.7 Å². The van der Waals surface area contributed by atoms with Gasteiger partial charge >= 0.3 is 5.97 Å². The number of hydrogen-bond acceptors (Lipinski definition) is 7. The van der Waals surface area contributed by atoms with E-state index in [1.54, 1.807) is 49.5 Å². The fraction of sp³-hybridized carbons (Fsp3) is 0.175. The Balaban J connectivity index is 1.14. The van der Waals surface area contributed by atoms with Gasteiger partial charge in [-0.15, -0.1) is 0 Å². The van der Waals surface area contributed by atoms with Crippen molar-refractivity contribution in [2.45, 2.75) is 26.0 Å². The van der Waals surface area contributed by atoms with Gasteiger partial charge in [-0.3, -0.25) is 14.4 Å². The van der Waals surface area contributed by atoms with Crippen LogP contribution in [0.25, 0.3) is 17.0 Å². The first-order valence-corrected chi connectivity index (χ1v) is 17.0. The highest BCUT2D eigenvalue weighted by atomic mass is 35.5. The lowest BCUT2D eigenvalue weighted by Crippen LogP contribution is -2.43. The van der Waals surface area contributed by atoms with E-state index >= 15 is 0 Å². The lowest BCUT2D eigenvalue weighted by atomic mass is 10.0. The van der Waals surface area contributed by atoms with Gasteiger partial charge < -0.3 is 25.0 Å². The van der Waals surface area contributed by atoms with Crippen LogP contribution in [0.2, 0.25) is 10.0 Å². The molecule has 0 unspecified atom stereocenters. The first-order chi connectivity index (χ1) is 25.0. The Morgan fingerprint density at radius 1 is 0.904 bits per heavy atom. The van der Waals surface area contributed by atoms with Crippen molar-refractivity contribution in [1.82, 2.24) is 15.6 Å². The van der Waals surface area contributed by atoms with E-state index in [1.165, 1.54) is 18.1 Å². The number of ether oxygens (including phenoxy) is 2. The molecule has 4 aromatic carbocycles. The number of benzene rings is 4. The van der Waals surface area contributed by atoms with Gasteiger partial charge in [0.2, 0.25) is 11.8 Å². The van der Waals surface area contributed by atoms with E-state index in [-0.39, 0.29) is 24.6 Å². The molecule has 0 saturated carbocycles. The molecule has 266 valence electrons. The van der Waals surface area contributed by atoms with Crippen molar-refractivity contribution in [3.05, 3.63) is 141 Å². The molecule has 0 radical (unpaired) electrons. The SMILES string of the molecule is COC(=O)[C@@H](Cc1ccccc1)NC(=O)c1ccc(/C=C/C(=O)NCC(=O)N(C)c2ccc(Cl)c(COc3cccc4ccc(C)nc34)c2Cl)cc1. The zero-order valence-corrected chi connectivity index (χ0v) is 30.2. The maximum absolute atomic E-state index is 13.1. The van der Waals surface area contributed by atoms with Crippen molar-refractivity contribution < 1.29 is 28.7 Å². The van der Waals surface area contributed by atoms with Crippen LogP contribution < -0.4 is 20.3 Å². The number of halogens is 2. The molecule has 0 spiro atoms. The molecular formula is C40H36Cl2N4O6. The van der Waals surface area contributed by atoms with Crippen molar-refractivity contribution in [2.75, 3.05) is 25.6 Å². The summed E-state index contributed by atoms with van der Waals surface area (Å²) in [5.74, 6) is -1.34. The highest BCUT2D eigenvalue weighted by Gasteiger charge is 2.23. The molecule has 10 nitrogen and oxygen atoms in total. The minimum atomic E-state index is -0.861. The van der Waals surface area contributed by atoms with Gasteiger partial charge in [-0.1, -0.05) is 83.9 Å². The molecule has 1 aromatic heterocycles. The van der Waals surface area contributed by atoms with Gasteiger partial charge in [0.05, 0.1) is 24.4 Å². The van der Waals surface area contributed by atoms with Crippen molar-refractivity contribution in [3.8, 4) is 5.75 Å². The van der Waals surface area contributed by atoms with E-state index in [0.717, 1.165) is 16.6 Å². The number of nitrogens with zero attached hydrogens (tertiary/aromatic N) is 2. The first-order valence-electron chi connectivity index (χ1n) is 16.2. The number of anilines is 1. The van der Waals surface area contributed by atoms with Gasteiger partial charge in [-0.05, 0) is 60.5 Å². The molecule has 0 saturated heterocycles. The molecule has 52 heavy (non-hydrogen) atoms. The van der Waals surface area contributed by atoms with Gasteiger partial charge in [0.15, 0.2) is 0 Å². The van der Waals surface area contributed by atoms with Crippen LogP contribution in [-0.4, -0.2) is 55.4 Å². The van der Waals surface area contributed by atoms with Crippen LogP contribution in [0.3, 0.4) is 0 Å². The van der Waals surface area contributed by atoms with Gasteiger partial charge in [0, 0.05) is 46.8 Å². The lowest BCUT2D eigenvalue weighted by Gasteiger charge is -2.21. The molecule has 3 amide bonds. The molecule has 1 atom stereocenters. The molecule has 0 aliphatic heterocycles. The van der Waals surface area contributed by atoms with Crippen LogP contribution in [0, 0.1) is 6.92 Å². The number of amides is 3. The van der Waals surface area contributed by atoms with E-state index in [2.05, 4.69) is 15.6 Å². The first kappa shape index (κ1) is 37.5. The Bertz CT molecular complexity index is 2120. The summed E-state index contributed by atoms with van der Waals surface area (Å²) in [6.07, 6.45) is 3.11. The summed E-state index contributed by atoms with van der Waals surface area (Å²) in [5, 5.41) is 6.85. The van der Waals surface area contributed by atoms with Crippen molar-refractivity contribution in [2.24, 2.45) is 0 Å². The number of fused-ring (bicyclic) bond motifs is 1. The van der Waals surface area contributed by atoms with Crippen molar-refractivity contribution >= 4 is 69.6 Å². The number of aromatic nitrogens is 1. The Morgan fingerprint density at radius 3 is 2.38 bits per heavy atom. The second kappa shape index (κ2) is 17.5. The third-order valence-electron chi connectivity index (χ3n) is 8.18. The van der Waals surface area contributed by atoms with Crippen LogP contribution in [0.4, 0.5) is 5.69 Å². The molecule has 5 aromatic rings. The topological polar surface area (TPSA) is 127 Å². The fourth-order valence-electron chi connectivity index (χ4n) is 5.28. The summed E-state index contributed by atoms with van der Waals surface area (Å²) in [6.45, 7) is 1.65. The highest BCUT2D eigenvalue weighted by Crippen LogP contribution is 2.35. The molecule has 12 heteroatoms. The van der Waals surface area contributed by atoms with Gasteiger partial charge in [0.25, 0.3) is 5.91 Å². The number of aryl methyl sites for hydroxylation is 1. The third-order valence-corrected chi connectivity index (χ3v) is 8.96. The molecule has 5 rings (SSSR count). The average molecular weight is 740 g/mol. The highest BCUT2D eigenvalue weighted by molar-refractivity contribution is 6.38. The Hall–Kier alpha value is -5.71. The number of carbonyl (C=O) groups is 4. The maximum Gasteiger partial charge on any atom is 0.328 e. The second-order valence-electron chi connectivity index (χ2n) is 11.8. The monoisotopic (exact) mass is 738 g/mol. The summed E-state index contributed by atoms with van der Waals surface area (Å²) in [7, 11) is 2.82. The van der Waals surface area contributed by atoms with Crippen LogP contribution >= 0.6 is 23.2 Å². The second-order valence-corrected chi connectivity index (χ2v) is 12.6. The molecule has 0 aliphatic rings. The number of pyridine rings is 1. The van der Waals surface area contributed by atoms with Crippen LogP contribution in [0.1, 0.15) is 32.7 Å². The fourth-order valence-corrected chi connectivity index (χ4v) is 5.89. The zero-order valence-electron chi connectivity index (χ0n) is 28.7. The normalized spacial score (nSPS) is 11.6. The number of carbonyl (C=O) groups excluding carboxylic acids is 4. The summed E-state index contributed by atoms with van der Waals surface area (Å²) >= 11 is 13.2. The summed E-state index contributed by atoms with van der Waals surface area (Å²) in [4.78, 5) is 56.8. The van der Waals surface area contributed by atoms with Gasteiger partial charge in [-0.25, -0.2) is 9.78 Å². The van der Waals surface area contributed by atoms with Crippen LogP contribution in [0.15, 0.2) is 103 Å². The van der Waals surface area contributed by atoms with Gasteiger partial charge in [-0.2, -0.15) is 0 Å². The minimum Gasteiger partial charge on any atom is -0.487 e. The summed E-state index contributed by atoms with van der Waals surface area (Å²) in [6, 6.07) is 27.7. The van der Waals surface area contributed by atoms with E-state index in [0.29, 0.717) is 38.7 Å². The number of esters is 1. The predicted octanol–water partition coefficient (Wildman–Crippen LogP) is 6.74. The van der Waals surface area contributed by atoms with Crippen LogP contribution in [-0.2, 0) is 32.1 Å². The average Bonchev–Trinajstić information content (AvgIpc) is 3.15. The standard InChI is InChI=1S/C40H36Cl2N4O6/c1-25-12-16-28-10-7-11-34(38(28)44-25)52-24-30-31(41)19-20-33(37(30)42)46(2)36(48)23-43-35(47)21-15-26-13-17-29(18-14-26)39(49)45-32(40(50)51-3)22-27-8-5-4-6-9-27/h4-21,32H,22-24H2,1-3H3,(H,43,47)(H,45,49)/b21-15+/t32-/m1/s1. The van der Waals surface area contributed by atoms with Crippen LogP contribution in [0.5, 0.6) is 5.75 Å². The number of hydrogen-bond donors (Lipinski definition) is 2. The number of nitrogens with one attached hydrogen (secondary N) is 2. The smallest absolute Gasteiger partial charge is 0.328 e. The molecule has 0 fully saturated rings. The quantitative estimate of drug-likeness (QED) is 0.101. The largest absolute Gasteiger partial charge is 0.487 e. The maximum atomic E-state index is 13.1. The Labute approximate surface area is 311 Å². The summed E-state index contributed by atoms with van der Waals surface area (Å²) in [5.41, 5.74) is 4.30. The lowest BCUT2D eigenvalue weighted by molar-refractivity contribution is -0.142. The molecule has 0 aliphatic carbocycles. The summed E-state index contributed by atoms with van der Waals surface area (Å²) < 4.78 is 11.0. The minimum absolute atomic E-state index is 0.0394. The zero-order chi connectivity index (χ0) is 37.2. The molecule has 0 bridgehead atoms. The molecular weight excluding hydrogens is 703 g/mol. The van der Waals surface area contributed by atoms with E-state index in [9.17, 15) is 19.2 Å². The van der Waals surface area contributed by atoms with E-state index in [1.807, 2.05) is 67.6 Å². The number of methoxy groups -OCH3 is 1. The van der Waals surface area contributed by atoms with Gasteiger partial charge in [0.1, 0.15) is 23.9 Å². The Morgan fingerprint density at radius 2 is 1.65 bits per heavy atom.